The number of rotatable bonds is 2. The van der Waals surface area contributed by atoms with Crippen LogP contribution in [0.15, 0.2) is 42.7 Å². The molecule has 0 radical (unpaired) electrons. The summed E-state index contributed by atoms with van der Waals surface area (Å²) in [6.45, 7) is 0. The van der Waals surface area contributed by atoms with Gasteiger partial charge in [-0.2, -0.15) is 0 Å². The number of hydrogen-bond donors (Lipinski definition) is 1. The maximum atomic E-state index is 13.2. The average molecular weight is 272 g/mol. The largest absolute Gasteiger partial charge is 0.368 e. The van der Waals surface area contributed by atoms with Crippen LogP contribution in [0.2, 0.25) is 0 Å². The predicted octanol–water partition coefficient (Wildman–Crippen LogP) is 2.99. The summed E-state index contributed by atoms with van der Waals surface area (Å²) in [5, 5.41) is 0.742. The summed E-state index contributed by atoms with van der Waals surface area (Å²) in [7, 11) is 0. The summed E-state index contributed by atoms with van der Waals surface area (Å²) in [4.78, 5) is 13.1. The van der Waals surface area contributed by atoms with E-state index in [1.807, 2.05) is 6.07 Å². The van der Waals surface area contributed by atoms with Crippen LogP contribution in [0.1, 0.15) is 0 Å². The molecule has 0 saturated carbocycles. The van der Waals surface area contributed by atoms with Gasteiger partial charge in [-0.25, -0.2) is 19.3 Å². The maximum absolute atomic E-state index is 13.2. The Morgan fingerprint density at radius 1 is 1.16 bits per heavy atom. The number of nitrogens with two attached hydrogens (primary N) is 1. The van der Waals surface area contributed by atoms with Crippen molar-refractivity contribution in [2.45, 2.75) is 0 Å². The van der Waals surface area contributed by atoms with Gasteiger partial charge in [-0.3, -0.25) is 0 Å². The van der Waals surface area contributed by atoms with Crippen LogP contribution in [0.5, 0.6) is 0 Å². The number of anilines is 1. The highest BCUT2D eigenvalue weighted by Gasteiger charge is 2.08. The summed E-state index contributed by atoms with van der Waals surface area (Å²) < 4.78 is 13.2. The number of thiazole rings is 1. The number of nitrogen functional groups attached to an aromatic ring is 1. The molecule has 4 nitrogen and oxygen atoms in total. The van der Waals surface area contributed by atoms with E-state index in [1.54, 1.807) is 24.5 Å². The zero-order valence-electron chi connectivity index (χ0n) is 9.75. The van der Waals surface area contributed by atoms with Crippen molar-refractivity contribution >= 4 is 17.3 Å². The molecular formula is C13H9FN4S. The van der Waals surface area contributed by atoms with Crippen molar-refractivity contribution in [3.63, 3.8) is 0 Å². The van der Waals surface area contributed by atoms with Gasteiger partial charge in [-0.05, 0) is 18.2 Å². The Hall–Kier alpha value is -2.34. The highest BCUT2D eigenvalue weighted by Crippen LogP contribution is 2.31. The first kappa shape index (κ1) is 11.7. The van der Waals surface area contributed by atoms with E-state index in [2.05, 4.69) is 15.0 Å². The highest BCUT2D eigenvalue weighted by molar-refractivity contribution is 7.18. The molecule has 0 unspecified atom stereocenters. The minimum absolute atomic E-state index is 0.221. The van der Waals surface area contributed by atoms with E-state index in [4.69, 9.17) is 5.73 Å². The average Bonchev–Trinajstić information content (AvgIpc) is 2.88. The zero-order chi connectivity index (χ0) is 13.2. The third kappa shape index (κ3) is 2.43. The molecule has 0 aliphatic heterocycles. The van der Waals surface area contributed by atoms with Crippen molar-refractivity contribution in [1.82, 2.24) is 15.0 Å². The van der Waals surface area contributed by atoms with Crippen LogP contribution in [0.3, 0.4) is 0 Å². The molecule has 6 heteroatoms. The lowest BCUT2D eigenvalue weighted by molar-refractivity contribution is 0.628. The van der Waals surface area contributed by atoms with Crippen LogP contribution in [-0.2, 0) is 0 Å². The van der Waals surface area contributed by atoms with Crippen molar-refractivity contribution < 1.29 is 4.39 Å². The first-order chi connectivity index (χ1) is 9.22. The molecule has 0 atom stereocenters. The van der Waals surface area contributed by atoms with E-state index < -0.39 is 0 Å². The quantitative estimate of drug-likeness (QED) is 0.779. The molecule has 2 heterocycles. The zero-order valence-corrected chi connectivity index (χ0v) is 10.6. The van der Waals surface area contributed by atoms with Crippen LogP contribution in [0.4, 0.5) is 10.3 Å². The molecule has 0 saturated heterocycles. The van der Waals surface area contributed by atoms with Gasteiger partial charge >= 0.3 is 0 Å². The van der Waals surface area contributed by atoms with Gasteiger partial charge in [0.15, 0.2) is 0 Å². The Balaban J connectivity index is 2.00. The van der Waals surface area contributed by atoms with E-state index in [0.717, 1.165) is 15.4 Å². The summed E-state index contributed by atoms with van der Waals surface area (Å²) in [5.41, 5.74) is 7.01. The number of benzene rings is 1. The van der Waals surface area contributed by atoms with E-state index >= 15 is 0 Å². The summed E-state index contributed by atoms with van der Waals surface area (Å²) in [5.74, 6) is -0.0567. The smallest absolute Gasteiger partial charge is 0.220 e. The third-order valence-electron chi connectivity index (χ3n) is 2.50. The number of nitrogens with zero attached hydrogens (tertiary/aromatic N) is 3. The Labute approximate surface area is 112 Å². The van der Waals surface area contributed by atoms with Gasteiger partial charge < -0.3 is 5.73 Å². The molecule has 1 aromatic carbocycles. The van der Waals surface area contributed by atoms with E-state index in [0.29, 0.717) is 5.69 Å². The lowest BCUT2D eigenvalue weighted by atomic mass is 10.2. The second kappa shape index (κ2) is 4.74. The molecule has 2 aromatic heterocycles. The molecule has 0 spiro atoms. The molecule has 3 aromatic rings. The van der Waals surface area contributed by atoms with Crippen molar-refractivity contribution in [1.29, 1.82) is 0 Å². The van der Waals surface area contributed by atoms with Crippen molar-refractivity contribution in [2.24, 2.45) is 0 Å². The highest BCUT2D eigenvalue weighted by atomic mass is 32.1. The van der Waals surface area contributed by atoms with Crippen molar-refractivity contribution in [3.05, 3.63) is 48.5 Å². The number of hydrogen-bond acceptors (Lipinski definition) is 5. The fraction of sp³-hybridized carbons (Fsp3) is 0. The Bertz CT molecular complexity index is 666. The van der Waals surface area contributed by atoms with Crippen LogP contribution in [0, 0.1) is 5.82 Å². The standard InChI is InChI=1S/C13H9FN4S/c14-9-3-1-2-8(6-9)12-17-7-11(19-12)10-4-5-16-13(15)18-10/h1-7H,(H2,15,16,18). The molecular weight excluding hydrogens is 263 g/mol. The molecule has 0 bridgehead atoms. The first-order valence-corrected chi connectivity index (χ1v) is 6.35. The summed E-state index contributed by atoms with van der Waals surface area (Å²) >= 11 is 1.43. The topological polar surface area (TPSA) is 64.7 Å². The van der Waals surface area contributed by atoms with E-state index in [1.165, 1.54) is 23.5 Å². The van der Waals surface area contributed by atoms with Crippen molar-refractivity contribution in [3.8, 4) is 21.1 Å². The predicted molar refractivity (Wildman–Crippen MR) is 72.9 cm³/mol. The second-order valence-electron chi connectivity index (χ2n) is 3.84. The summed E-state index contributed by atoms with van der Waals surface area (Å²) in [6, 6.07) is 8.10. The lowest BCUT2D eigenvalue weighted by Crippen LogP contribution is -1.93. The van der Waals surface area contributed by atoms with Gasteiger partial charge in [0.1, 0.15) is 10.8 Å². The maximum Gasteiger partial charge on any atom is 0.220 e. The van der Waals surface area contributed by atoms with E-state index in [9.17, 15) is 4.39 Å². The fourth-order valence-corrected chi connectivity index (χ4v) is 2.54. The second-order valence-corrected chi connectivity index (χ2v) is 4.87. The Morgan fingerprint density at radius 3 is 2.84 bits per heavy atom. The molecule has 0 fully saturated rings. The molecule has 0 amide bonds. The molecule has 0 aliphatic rings. The minimum Gasteiger partial charge on any atom is -0.368 e. The molecule has 19 heavy (non-hydrogen) atoms. The van der Waals surface area contributed by atoms with Crippen LogP contribution < -0.4 is 5.73 Å². The van der Waals surface area contributed by atoms with Gasteiger partial charge in [0.05, 0.1) is 10.6 Å². The SMILES string of the molecule is Nc1nccc(-c2cnc(-c3cccc(F)c3)s2)n1. The molecule has 94 valence electrons. The first-order valence-electron chi connectivity index (χ1n) is 5.53. The normalized spacial score (nSPS) is 10.6. The number of aromatic nitrogens is 3. The van der Waals surface area contributed by atoms with Gasteiger partial charge in [0.2, 0.25) is 5.95 Å². The Kier molecular flexibility index (Phi) is 2.92. The van der Waals surface area contributed by atoms with Gasteiger partial charge in [-0.1, -0.05) is 12.1 Å². The van der Waals surface area contributed by atoms with Gasteiger partial charge in [0.25, 0.3) is 0 Å². The molecule has 3 rings (SSSR count). The summed E-state index contributed by atoms with van der Waals surface area (Å²) in [6.07, 6.45) is 3.30. The van der Waals surface area contributed by atoms with Crippen LogP contribution in [-0.4, -0.2) is 15.0 Å². The molecule has 0 aliphatic carbocycles. The minimum atomic E-state index is -0.277. The van der Waals surface area contributed by atoms with Gasteiger partial charge in [0, 0.05) is 18.0 Å². The fourth-order valence-electron chi connectivity index (χ4n) is 1.66. The third-order valence-corrected chi connectivity index (χ3v) is 3.57. The molecule has 2 N–H and O–H groups in total. The van der Waals surface area contributed by atoms with Crippen LogP contribution >= 0.6 is 11.3 Å². The van der Waals surface area contributed by atoms with Crippen molar-refractivity contribution in [2.75, 3.05) is 5.73 Å². The van der Waals surface area contributed by atoms with E-state index in [-0.39, 0.29) is 11.8 Å². The lowest BCUT2D eigenvalue weighted by Gasteiger charge is -1.96. The monoisotopic (exact) mass is 272 g/mol. The van der Waals surface area contributed by atoms with Crippen LogP contribution in [0.25, 0.3) is 21.1 Å². The van der Waals surface area contributed by atoms with Gasteiger partial charge in [-0.15, -0.1) is 11.3 Å². The number of halogens is 1. The Morgan fingerprint density at radius 2 is 2.05 bits per heavy atom.